The summed E-state index contributed by atoms with van der Waals surface area (Å²) >= 11 is 11.9. The van der Waals surface area contributed by atoms with Crippen LogP contribution in [0.2, 0.25) is 0 Å². The number of hydrogen-bond donors (Lipinski definition) is 1. The Kier molecular flexibility index (Phi) is 7.40. The van der Waals surface area contributed by atoms with E-state index < -0.39 is 4.33 Å². The lowest BCUT2D eigenvalue weighted by Gasteiger charge is -2.22. The van der Waals surface area contributed by atoms with Crippen LogP contribution in [0.3, 0.4) is 0 Å². The molecule has 0 spiro atoms. The van der Waals surface area contributed by atoms with Gasteiger partial charge in [0.2, 0.25) is 0 Å². The Morgan fingerprint density at radius 1 is 1.50 bits per heavy atom. The molecule has 2 nitrogen and oxygen atoms in total. The van der Waals surface area contributed by atoms with Crippen molar-refractivity contribution in [3.63, 3.8) is 0 Å². The van der Waals surface area contributed by atoms with Crippen LogP contribution in [0.1, 0.15) is 20.3 Å². The quantitative estimate of drug-likeness (QED) is 0.585. The summed E-state index contributed by atoms with van der Waals surface area (Å²) < 4.78 is 3.94. The van der Waals surface area contributed by atoms with Crippen molar-refractivity contribution in [2.75, 3.05) is 20.3 Å². The first-order chi connectivity index (χ1) is 6.52. The highest BCUT2D eigenvalue weighted by Gasteiger charge is 2.27. The molecular weight excluding hydrogens is 221 g/mol. The van der Waals surface area contributed by atoms with Gasteiger partial charge in [0.05, 0.1) is 0 Å². The predicted octanol–water partition coefficient (Wildman–Crippen LogP) is 2.20. The van der Waals surface area contributed by atoms with Crippen LogP contribution < -0.4 is 5.32 Å². The summed E-state index contributed by atoms with van der Waals surface area (Å²) in [5.41, 5.74) is 0. The molecule has 1 N–H and O–H groups in total. The Morgan fingerprint density at radius 2 is 2.14 bits per heavy atom. The van der Waals surface area contributed by atoms with Crippen LogP contribution in [0.4, 0.5) is 0 Å². The Morgan fingerprint density at radius 3 is 2.57 bits per heavy atom. The molecule has 0 heterocycles. The molecule has 1 unspecified atom stereocenters. The van der Waals surface area contributed by atoms with Crippen LogP contribution in [0.5, 0.6) is 0 Å². The van der Waals surface area contributed by atoms with Gasteiger partial charge in [-0.05, 0) is 19.9 Å². The number of halogens is 2. The normalized spacial score (nSPS) is 13.2. The van der Waals surface area contributed by atoms with Crippen LogP contribution >= 0.6 is 23.2 Å². The molecular formula is C10H17Cl2NO. The summed E-state index contributed by atoms with van der Waals surface area (Å²) in [5.74, 6) is 5.79. The van der Waals surface area contributed by atoms with Gasteiger partial charge in [0.25, 0.3) is 0 Å². The average molecular weight is 238 g/mol. The van der Waals surface area contributed by atoms with E-state index in [1.165, 1.54) is 0 Å². The maximum Gasteiger partial charge on any atom is 0.141 e. The van der Waals surface area contributed by atoms with Crippen LogP contribution in [-0.4, -0.2) is 30.6 Å². The van der Waals surface area contributed by atoms with E-state index in [0.29, 0.717) is 6.61 Å². The fraction of sp³-hybridized carbons (Fsp3) is 0.800. The van der Waals surface area contributed by atoms with Crippen molar-refractivity contribution in [3.8, 4) is 11.8 Å². The highest BCUT2D eigenvalue weighted by molar-refractivity contribution is 6.48. The molecule has 0 saturated carbocycles. The molecule has 0 aliphatic heterocycles. The van der Waals surface area contributed by atoms with Gasteiger partial charge in [-0.15, -0.1) is 0 Å². The van der Waals surface area contributed by atoms with Gasteiger partial charge >= 0.3 is 0 Å². The molecule has 0 rings (SSSR count). The molecule has 0 aliphatic rings. The maximum absolute atomic E-state index is 5.97. The van der Waals surface area contributed by atoms with E-state index >= 15 is 0 Å². The van der Waals surface area contributed by atoms with Crippen LogP contribution in [0, 0.1) is 11.8 Å². The van der Waals surface area contributed by atoms with Gasteiger partial charge in [-0.2, -0.15) is 0 Å². The second-order valence-electron chi connectivity index (χ2n) is 3.10. The lowest BCUT2D eigenvalue weighted by molar-refractivity contribution is 0.239. The largest absolute Gasteiger partial charge is 0.372 e. The molecule has 4 heteroatoms. The van der Waals surface area contributed by atoms with E-state index in [1.807, 2.05) is 0 Å². The fourth-order valence-electron chi connectivity index (χ4n) is 0.862. The van der Waals surface area contributed by atoms with Gasteiger partial charge in [-0.25, -0.2) is 0 Å². The van der Waals surface area contributed by atoms with Crippen molar-refractivity contribution in [3.05, 3.63) is 0 Å². The maximum atomic E-state index is 5.97. The van der Waals surface area contributed by atoms with Gasteiger partial charge in [0, 0.05) is 7.11 Å². The second-order valence-corrected chi connectivity index (χ2v) is 4.86. The standard InChI is InChI=1S/C10H17Cl2NO/c1-4-7-13-9(10(2,11)12)6-5-8-14-3/h9,13H,4,7-8H2,1-3H3. The van der Waals surface area contributed by atoms with Crippen molar-refractivity contribution in [2.24, 2.45) is 0 Å². The number of methoxy groups -OCH3 is 1. The first kappa shape index (κ1) is 14.1. The van der Waals surface area contributed by atoms with Gasteiger partial charge in [-0.1, -0.05) is 42.0 Å². The van der Waals surface area contributed by atoms with Gasteiger partial charge in [-0.3, -0.25) is 0 Å². The van der Waals surface area contributed by atoms with Crippen molar-refractivity contribution >= 4 is 23.2 Å². The zero-order valence-electron chi connectivity index (χ0n) is 8.86. The Hall–Kier alpha value is 0.0600. The number of ether oxygens (including phenoxy) is 1. The zero-order chi connectivity index (χ0) is 11.0. The molecule has 0 saturated heterocycles. The molecule has 0 fully saturated rings. The van der Waals surface area contributed by atoms with E-state index in [-0.39, 0.29) is 6.04 Å². The minimum Gasteiger partial charge on any atom is -0.372 e. The fourth-order valence-corrected chi connectivity index (χ4v) is 1.12. The van der Waals surface area contributed by atoms with Crippen LogP contribution in [-0.2, 0) is 4.74 Å². The molecule has 0 aromatic rings. The van der Waals surface area contributed by atoms with Gasteiger partial charge in [0.15, 0.2) is 0 Å². The smallest absolute Gasteiger partial charge is 0.141 e. The van der Waals surface area contributed by atoms with Gasteiger partial charge < -0.3 is 10.1 Å². The summed E-state index contributed by atoms with van der Waals surface area (Å²) in [6, 6.07) is -0.221. The van der Waals surface area contributed by atoms with Crippen molar-refractivity contribution in [1.29, 1.82) is 0 Å². The molecule has 1 atom stereocenters. The lowest BCUT2D eigenvalue weighted by atomic mass is 10.2. The Balaban J connectivity index is 4.20. The third-order valence-electron chi connectivity index (χ3n) is 1.57. The number of rotatable bonds is 5. The highest BCUT2D eigenvalue weighted by atomic mass is 35.5. The molecule has 0 bridgehead atoms. The van der Waals surface area contributed by atoms with E-state index in [1.54, 1.807) is 14.0 Å². The molecule has 0 amide bonds. The molecule has 82 valence electrons. The van der Waals surface area contributed by atoms with Crippen LogP contribution in [0.15, 0.2) is 0 Å². The molecule has 0 radical (unpaired) electrons. The van der Waals surface area contributed by atoms with E-state index in [2.05, 4.69) is 24.1 Å². The number of alkyl halides is 2. The summed E-state index contributed by atoms with van der Waals surface area (Å²) in [5, 5.41) is 3.18. The van der Waals surface area contributed by atoms with E-state index in [0.717, 1.165) is 13.0 Å². The monoisotopic (exact) mass is 237 g/mol. The topological polar surface area (TPSA) is 21.3 Å². The lowest BCUT2D eigenvalue weighted by Crippen LogP contribution is -2.41. The minimum atomic E-state index is -0.879. The zero-order valence-corrected chi connectivity index (χ0v) is 10.4. The summed E-state index contributed by atoms with van der Waals surface area (Å²) in [6.45, 7) is 5.05. The Bertz CT molecular complexity index is 202. The summed E-state index contributed by atoms with van der Waals surface area (Å²) in [4.78, 5) is 0. The predicted molar refractivity (Wildman–Crippen MR) is 61.8 cm³/mol. The average Bonchev–Trinajstić information content (AvgIpc) is 2.09. The van der Waals surface area contributed by atoms with Crippen LogP contribution in [0.25, 0.3) is 0 Å². The molecule has 0 aromatic carbocycles. The SMILES string of the molecule is CCCNC(C#CCOC)C(C)(Cl)Cl. The number of nitrogens with one attached hydrogen (secondary N) is 1. The highest BCUT2D eigenvalue weighted by Crippen LogP contribution is 2.23. The second kappa shape index (κ2) is 7.36. The van der Waals surface area contributed by atoms with Gasteiger partial charge in [0.1, 0.15) is 17.0 Å². The molecule has 0 aliphatic carbocycles. The Labute approximate surface area is 96.3 Å². The minimum absolute atomic E-state index is 0.221. The summed E-state index contributed by atoms with van der Waals surface area (Å²) in [7, 11) is 1.60. The first-order valence-corrected chi connectivity index (χ1v) is 5.36. The number of hydrogen-bond acceptors (Lipinski definition) is 2. The van der Waals surface area contributed by atoms with Crippen molar-refractivity contribution in [2.45, 2.75) is 30.6 Å². The third-order valence-corrected chi connectivity index (χ3v) is 2.00. The van der Waals surface area contributed by atoms with Crippen molar-refractivity contribution < 1.29 is 4.74 Å². The third kappa shape index (κ3) is 6.50. The van der Waals surface area contributed by atoms with E-state index in [4.69, 9.17) is 27.9 Å². The van der Waals surface area contributed by atoms with Crippen molar-refractivity contribution in [1.82, 2.24) is 5.32 Å². The molecule has 14 heavy (non-hydrogen) atoms. The van der Waals surface area contributed by atoms with E-state index in [9.17, 15) is 0 Å². The molecule has 0 aromatic heterocycles. The summed E-state index contributed by atoms with van der Waals surface area (Å²) in [6.07, 6.45) is 1.02. The first-order valence-electron chi connectivity index (χ1n) is 4.61.